The fourth-order valence-electron chi connectivity index (χ4n) is 3.74. The van der Waals surface area contributed by atoms with Gasteiger partial charge in [-0.1, -0.05) is 30.7 Å². The average Bonchev–Trinajstić information content (AvgIpc) is 3.62. The van der Waals surface area contributed by atoms with Gasteiger partial charge in [0.25, 0.3) is 0 Å². The molecule has 1 aliphatic rings. The smallest absolute Gasteiger partial charge is 0.407 e. The monoisotopic (exact) mass is 547 g/mol. The van der Waals surface area contributed by atoms with Crippen molar-refractivity contribution in [2.75, 3.05) is 29.4 Å². The first-order chi connectivity index (χ1) is 17.7. The predicted molar refractivity (Wildman–Crippen MR) is 143 cm³/mol. The summed E-state index contributed by atoms with van der Waals surface area (Å²) >= 11 is 6.71. The standard InChI is InChI=1S/C24H30ClN7O4S/c1-4-12-37(34,35)32-17-7-5-6-16(19(17)25)20-21(31-22(30-20)15-8-9-15)18-10-11-26-23(29-18)27-13-14(2)28-24(33)36-3/h5-7,10-11,14-15,32H,4,8-9,12-13H2,1-3H3,(H,28,33)(H,30,31)(H,26,27,29). The number of carbonyl (C=O) groups excluding carboxylic acids is 1. The SMILES string of the molecule is CCCS(=O)(=O)Nc1cccc(-c2nc(C3CC3)[nH]c2-c2ccnc(NCC(C)NC(=O)OC)n2)c1Cl. The second-order valence-electron chi connectivity index (χ2n) is 8.89. The number of amides is 1. The van der Waals surface area contributed by atoms with Crippen LogP contribution in [0.4, 0.5) is 16.4 Å². The minimum atomic E-state index is -3.52. The molecule has 1 aliphatic carbocycles. The predicted octanol–water partition coefficient (Wildman–Crippen LogP) is 4.37. The summed E-state index contributed by atoms with van der Waals surface area (Å²) in [6, 6.07) is 6.71. The Labute approximate surface area is 220 Å². The van der Waals surface area contributed by atoms with Crippen LogP contribution >= 0.6 is 11.6 Å². The molecule has 2 aromatic heterocycles. The van der Waals surface area contributed by atoms with E-state index < -0.39 is 16.1 Å². The minimum absolute atomic E-state index is 0.00246. The zero-order chi connectivity index (χ0) is 26.6. The van der Waals surface area contributed by atoms with Gasteiger partial charge in [0.05, 0.1) is 40.7 Å². The molecule has 198 valence electrons. The molecule has 1 aromatic carbocycles. The molecule has 0 radical (unpaired) electrons. The Morgan fingerprint density at radius 3 is 2.76 bits per heavy atom. The first kappa shape index (κ1) is 26.7. The van der Waals surface area contributed by atoms with E-state index in [2.05, 4.69) is 35.0 Å². The number of H-pyrrole nitrogens is 1. The summed E-state index contributed by atoms with van der Waals surface area (Å²) in [4.78, 5) is 28.6. The van der Waals surface area contributed by atoms with E-state index in [4.69, 9.17) is 16.6 Å². The van der Waals surface area contributed by atoms with Crippen molar-refractivity contribution in [1.29, 1.82) is 0 Å². The van der Waals surface area contributed by atoms with E-state index in [1.807, 2.05) is 6.92 Å². The summed E-state index contributed by atoms with van der Waals surface area (Å²) in [5.74, 6) is 1.54. The third-order valence-corrected chi connectivity index (χ3v) is 7.59. The number of imidazole rings is 1. The molecule has 1 amide bonds. The van der Waals surface area contributed by atoms with Crippen LogP contribution < -0.4 is 15.4 Å². The summed E-state index contributed by atoms with van der Waals surface area (Å²) in [5.41, 5.74) is 2.71. The largest absolute Gasteiger partial charge is 0.453 e. The number of alkyl carbamates (subject to hydrolysis) is 1. The number of methoxy groups -OCH3 is 1. The number of aromatic amines is 1. The number of carbonyl (C=O) groups is 1. The number of anilines is 2. The maximum Gasteiger partial charge on any atom is 0.407 e. The van der Waals surface area contributed by atoms with Crippen LogP contribution in [0.1, 0.15) is 44.9 Å². The molecule has 0 bridgehead atoms. The van der Waals surface area contributed by atoms with E-state index in [9.17, 15) is 13.2 Å². The van der Waals surface area contributed by atoms with Gasteiger partial charge in [-0.05, 0) is 38.3 Å². The van der Waals surface area contributed by atoms with E-state index in [0.717, 1.165) is 18.7 Å². The number of benzene rings is 1. The first-order valence-electron chi connectivity index (χ1n) is 12.0. The lowest BCUT2D eigenvalue weighted by Gasteiger charge is -2.14. The number of nitrogens with zero attached hydrogens (tertiary/aromatic N) is 3. The van der Waals surface area contributed by atoms with Crippen LogP contribution in [-0.2, 0) is 14.8 Å². The van der Waals surface area contributed by atoms with Gasteiger partial charge in [0.2, 0.25) is 16.0 Å². The highest BCUT2D eigenvalue weighted by Gasteiger charge is 2.30. The molecule has 4 rings (SSSR count). The van der Waals surface area contributed by atoms with E-state index in [0.29, 0.717) is 53.2 Å². The molecule has 1 atom stereocenters. The Morgan fingerprint density at radius 2 is 2.05 bits per heavy atom. The van der Waals surface area contributed by atoms with Crippen LogP contribution in [0.25, 0.3) is 22.6 Å². The van der Waals surface area contributed by atoms with Crippen LogP contribution in [0.3, 0.4) is 0 Å². The Bertz CT molecular complexity index is 1380. The zero-order valence-electron chi connectivity index (χ0n) is 20.8. The van der Waals surface area contributed by atoms with E-state index in [1.165, 1.54) is 7.11 Å². The number of aromatic nitrogens is 4. The maximum atomic E-state index is 12.4. The number of sulfonamides is 1. The van der Waals surface area contributed by atoms with Gasteiger partial charge in [0.1, 0.15) is 5.82 Å². The lowest BCUT2D eigenvalue weighted by atomic mass is 10.1. The van der Waals surface area contributed by atoms with E-state index >= 15 is 0 Å². The molecule has 2 heterocycles. The normalized spacial score (nSPS) is 14.2. The van der Waals surface area contributed by atoms with Gasteiger partial charge in [0.15, 0.2) is 0 Å². The molecule has 1 fully saturated rings. The number of hydrogen-bond donors (Lipinski definition) is 4. The third-order valence-electron chi connectivity index (χ3n) is 5.71. The molecular weight excluding hydrogens is 518 g/mol. The van der Waals surface area contributed by atoms with Gasteiger partial charge in [-0.3, -0.25) is 4.72 Å². The molecular formula is C24H30ClN7O4S. The number of hydrogen-bond acceptors (Lipinski definition) is 8. The molecule has 1 unspecified atom stereocenters. The third kappa shape index (κ3) is 6.69. The highest BCUT2D eigenvalue weighted by Crippen LogP contribution is 2.43. The fourth-order valence-corrected chi connectivity index (χ4v) is 5.20. The summed E-state index contributed by atoms with van der Waals surface area (Å²) in [7, 11) is -2.21. The Balaban J connectivity index is 1.66. The van der Waals surface area contributed by atoms with E-state index in [1.54, 1.807) is 37.4 Å². The van der Waals surface area contributed by atoms with Crippen LogP contribution in [0, 0.1) is 0 Å². The van der Waals surface area contributed by atoms with E-state index in [-0.39, 0.29) is 16.8 Å². The second kappa shape index (κ2) is 11.3. The first-order valence-corrected chi connectivity index (χ1v) is 14.0. The Hall–Kier alpha value is -3.38. The van der Waals surface area contributed by atoms with Crippen molar-refractivity contribution in [2.24, 2.45) is 0 Å². The molecule has 11 nitrogen and oxygen atoms in total. The molecule has 0 saturated heterocycles. The van der Waals surface area contributed by atoms with Crippen molar-refractivity contribution < 1.29 is 17.9 Å². The summed E-state index contributed by atoms with van der Waals surface area (Å²) in [5, 5.41) is 6.05. The highest BCUT2D eigenvalue weighted by molar-refractivity contribution is 7.92. The molecule has 0 spiro atoms. The van der Waals surface area contributed by atoms with Crippen molar-refractivity contribution in [3.63, 3.8) is 0 Å². The van der Waals surface area contributed by atoms with Crippen molar-refractivity contribution in [1.82, 2.24) is 25.3 Å². The molecule has 0 aliphatic heterocycles. The maximum absolute atomic E-state index is 12.4. The van der Waals surface area contributed by atoms with Gasteiger partial charge in [0, 0.05) is 30.3 Å². The van der Waals surface area contributed by atoms with Crippen LogP contribution in [0.15, 0.2) is 30.5 Å². The second-order valence-corrected chi connectivity index (χ2v) is 11.1. The summed E-state index contributed by atoms with van der Waals surface area (Å²) in [6.45, 7) is 4.01. The van der Waals surface area contributed by atoms with Gasteiger partial charge < -0.3 is 20.4 Å². The highest BCUT2D eigenvalue weighted by atomic mass is 35.5. The Kier molecular flexibility index (Phi) is 8.18. The molecule has 3 aromatic rings. The lowest BCUT2D eigenvalue weighted by molar-refractivity contribution is 0.168. The Morgan fingerprint density at radius 1 is 1.27 bits per heavy atom. The summed E-state index contributed by atoms with van der Waals surface area (Å²) in [6.07, 6.45) is 3.68. The minimum Gasteiger partial charge on any atom is -0.453 e. The van der Waals surface area contributed by atoms with Crippen molar-refractivity contribution >= 4 is 39.4 Å². The number of ether oxygens (including phenoxy) is 1. The lowest BCUT2D eigenvalue weighted by Crippen LogP contribution is -2.37. The van der Waals surface area contributed by atoms with Crippen molar-refractivity contribution in [2.45, 2.75) is 45.1 Å². The zero-order valence-corrected chi connectivity index (χ0v) is 22.4. The topological polar surface area (TPSA) is 151 Å². The number of halogens is 1. The van der Waals surface area contributed by atoms with Crippen LogP contribution in [0.5, 0.6) is 0 Å². The summed E-state index contributed by atoms with van der Waals surface area (Å²) < 4.78 is 31.9. The van der Waals surface area contributed by atoms with Gasteiger partial charge in [-0.15, -0.1) is 0 Å². The number of nitrogens with one attached hydrogen (secondary N) is 4. The van der Waals surface area contributed by atoms with Gasteiger partial charge >= 0.3 is 6.09 Å². The molecule has 37 heavy (non-hydrogen) atoms. The molecule has 1 saturated carbocycles. The number of rotatable bonds is 11. The average molecular weight is 548 g/mol. The quantitative estimate of drug-likeness (QED) is 0.276. The fraction of sp³-hybridized carbons (Fsp3) is 0.417. The van der Waals surface area contributed by atoms with Crippen LogP contribution in [0.2, 0.25) is 5.02 Å². The van der Waals surface area contributed by atoms with Gasteiger partial charge in [-0.25, -0.2) is 28.2 Å². The van der Waals surface area contributed by atoms with Crippen molar-refractivity contribution in [3.05, 3.63) is 41.3 Å². The van der Waals surface area contributed by atoms with Gasteiger partial charge in [-0.2, -0.15) is 0 Å². The van der Waals surface area contributed by atoms with Crippen molar-refractivity contribution in [3.8, 4) is 22.6 Å². The molecule has 4 N–H and O–H groups in total. The molecule has 13 heteroatoms. The van der Waals surface area contributed by atoms with Crippen LogP contribution in [-0.4, -0.2) is 59.9 Å².